The number of terminal acetylenes is 1. The molecule has 0 atom stereocenters. The molecule has 0 saturated carbocycles. The minimum absolute atomic E-state index is 0.183. The molecule has 1 fully saturated rings. The van der Waals surface area contributed by atoms with E-state index in [1.807, 2.05) is 24.3 Å². The Morgan fingerprint density at radius 3 is 2.67 bits per heavy atom. The Morgan fingerprint density at radius 2 is 1.95 bits per heavy atom. The molecule has 2 aromatic rings. The lowest BCUT2D eigenvalue weighted by molar-refractivity contribution is 0.0954. The zero-order valence-electron chi connectivity index (χ0n) is 11.7. The summed E-state index contributed by atoms with van der Waals surface area (Å²) in [6.07, 6.45) is 7.50. The molecule has 0 unspecified atom stereocenters. The Balaban J connectivity index is 2.06. The van der Waals surface area contributed by atoms with Gasteiger partial charge in [-0.15, -0.1) is 16.6 Å². The van der Waals surface area contributed by atoms with Crippen molar-refractivity contribution in [1.29, 1.82) is 0 Å². The highest BCUT2D eigenvalue weighted by Gasteiger charge is 2.20. The zero-order valence-corrected chi connectivity index (χ0v) is 11.7. The van der Waals surface area contributed by atoms with Crippen LogP contribution in [0.1, 0.15) is 23.3 Å². The number of nitrogens with one attached hydrogen (secondary N) is 1. The molecule has 1 aromatic carbocycles. The lowest BCUT2D eigenvalue weighted by Crippen LogP contribution is -2.26. The standard InChI is InChI=1S/C16H16N4O/c1-2-9-17-16(21)14-12-7-3-4-8-13(12)15(19-18-14)20-10-5-6-11-20/h1,3-4,7-8H,5-6,9-11H2,(H,17,21). The van der Waals surface area contributed by atoms with Crippen LogP contribution in [0.15, 0.2) is 24.3 Å². The quantitative estimate of drug-likeness (QED) is 0.868. The van der Waals surface area contributed by atoms with Crippen molar-refractivity contribution in [3.63, 3.8) is 0 Å². The molecule has 1 aromatic heterocycles. The van der Waals surface area contributed by atoms with Crippen LogP contribution in [0, 0.1) is 12.3 Å². The number of fused-ring (bicyclic) bond motifs is 1. The van der Waals surface area contributed by atoms with E-state index in [4.69, 9.17) is 6.42 Å². The highest BCUT2D eigenvalue weighted by Crippen LogP contribution is 2.28. The van der Waals surface area contributed by atoms with Crippen LogP contribution in [-0.4, -0.2) is 35.7 Å². The first-order valence-electron chi connectivity index (χ1n) is 7.03. The average Bonchev–Trinajstić information content (AvgIpc) is 3.05. The van der Waals surface area contributed by atoms with Gasteiger partial charge in [-0.2, -0.15) is 0 Å². The van der Waals surface area contributed by atoms with Crippen molar-refractivity contribution >= 4 is 22.5 Å². The van der Waals surface area contributed by atoms with Crippen LogP contribution in [0.5, 0.6) is 0 Å². The van der Waals surface area contributed by atoms with Crippen LogP contribution in [0.2, 0.25) is 0 Å². The third-order valence-electron chi connectivity index (χ3n) is 3.64. The Kier molecular flexibility index (Phi) is 3.69. The number of hydrogen-bond donors (Lipinski definition) is 1. The maximum atomic E-state index is 12.1. The number of amides is 1. The minimum atomic E-state index is -0.287. The summed E-state index contributed by atoms with van der Waals surface area (Å²) >= 11 is 0. The second kappa shape index (κ2) is 5.80. The third kappa shape index (κ3) is 2.52. The number of anilines is 1. The molecule has 1 aliphatic heterocycles. The minimum Gasteiger partial charge on any atom is -0.355 e. The molecule has 0 aliphatic carbocycles. The summed E-state index contributed by atoms with van der Waals surface area (Å²) < 4.78 is 0. The molecule has 1 N–H and O–H groups in total. The number of hydrogen-bond acceptors (Lipinski definition) is 4. The van der Waals surface area contributed by atoms with Gasteiger partial charge in [-0.1, -0.05) is 30.2 Å². The number of aromatic nitrogens is 2. The van der Waals surface area contributed by atoms with E-state index in [-0.39, 0.29) is 12.5 Å². The predicted octanol–water partition coefficient (Wildman–Crippen LogP) is 1.59. The molecule has 106 valence electrons. The van der Waals surface area contributed by atoms with Crippen LogP contribution < -0.4 is 10.2 Å². The molecule has 1 amide bonds. The highest BCUT2D eigenvalue weighted by atomic mass is 16.1. The summed E-state index contributed by atoms with van der Waals surface area (Å²) in [5.41, 5.74) is 0.323. The fourth-order valence-corrected chi connectivity index (χ4v) is 2.63. The van der Waals surface area contributed by atoms with E-state index < -0.39 is 0 Å². The topological polar surface area (TPSA) is 58.1 Å². The van der Waals surface area contributed by atoms with Crippen molar-refractivity contribution in [2.75, 3.05) is 24.5 Å². The second-order valence-electron chi connectivity index (χ2n) is 5.00. The number of carbonyl (C=O) groups is 1. The zero-order chi connectivity index (χ0) is 14.7. The Morgan fingerprint density at radius 1 is 1.24 bits per heavy atom. The van der Waals surface area contributed by atoms with Crippen molar-refractivity contribution < 1.29 is 4.79 Å². The normalized spacial score (nSPS) is 14.1. The average molecular weight is 280 g/mol. The van der Waals surface area contributed by atoms with Crippen LogP contribution in [0.3, 0.4) is 0 Å². The molecule has 0 spiro atoms. The van der Waals surface area contributed by atoms with Gasteiger partial charge in [-0.05, 0) is 12.8 Å². The largest absolute Gasteiger partial charge is 0.355 e. The van der Waals surface area contributed by atoms with E-state index in [0.717, 1.165) is 29.7 Å². The predicted molar refractivity (Wildman–Crippen MR) is 82.2 cm³/mol. The van der Waals surface area contributed by atoms with Crippen LogP contribution in [0.25, 0.3) is 10.8 Å². The van der Waals surface area contributed by atoms with E-state index in [0.29, 0.717) is 5.69 Å². The van der Waals surface area contributed by atoms with Gasteiger partial charge in [0.25, 0.3) is 5.91 Å². The molecular weight excluding hydrogens is 264 g/mol. The number of carbonyl (C=O) groups excluding carboxylic acids is 1. The summed E-state index contributed by atoms with van der Waals surface area (Å²) in [5.74, 6) is 2.95. The first kappa shape index (κ1) is 13.4. The fraction of sp³-hybridized carbons (Fsp3) is 0.312. The van der Waals surface area contributed by atoms with E-state index in [9.17, 15) is 4.79 Å². The number of benzene rings is 1. The van der Waals surface area contributed by atoms with E-state index >= 15 is 0 Å². The Labute approximate surface area is 123 Å². The molecule has 1 saturated heterocycles. The molecule has 5 nitrogen and oxygen atoms in total. The van der Waals surface area contributed by atoms with Gasteiger partial charge in [-0.25, -0.2) is 0 Å². The number of rotatable bonds is 3. The van der Waals surface area contributed by atoms with Crippen molar-refractivity contribution in [2.45, 2.75) is 12.8 Å². The fourth-order valence-electron chi connectivity index (χ4n) is 2.63. The van der Waals surface area contributed by atoms with Crippen LogP contribution in [0.4, 0.5) is 5.82 Å². The van der Waals surface area contributed by atoms with Gasteiger partial charge >= 0.3 is 0 Å². The SMILES string of the molecule is C#CCNC(=O)c1nnc(N2CCCC2)c2ccccc12. The lowest BCUT2D eigenvalue weighted by Gasteiger charge is -2.18. The molecular formula is C16H16N4O. The van der Waals surface area contributed by atoms with Gasteiger partial charge in [0.15, 0.2) is 11.5 Å². The van der Waals surface area contributed by atoms with Gasteiger partial charge in [0.2, 0.25) is 0 Å². The van der Waals surface area contributed by atoms with Crippen molar-refractivity contribution in [2.24, 2.45) is 0 Å². The lowest BCUT2D eigenvalue weighted by atomic mass is 10.1. The Hall–Kier alpha value is -2.61. The summed E-state index contributed by atoms with van der Waals surface area (Å²) in [4.78, 5) is 14.3. The third-order valence-corrected chi connectivity index (χ3v) is 3.64. The van der Waals surface area contributed by atoms with Gasteiger partial charge < -0.3 is 10.2 Å². The first-order chi connectivity index (χ1) is 10.3. The molecule has 0 radical (unpaired) electrons. The first-order valence-corrected chi connectivity index (χ1v) is 7.03. The van der Waals surface area contributed by atoms with Crippen LogP contribution in [-0.2, 0) is 0 Å². The molecule has 5 heteroatoms. The smallest absolute Gasteiger partial charge is 0.273 e. The van der Waals surface area contributed by atoms with Crippen LogP contribution >= 0.6 is 0 Å². The number of nitrogens with zero attached hydrogens (tertiary/aromatic N) is 3. The van der Waals surface area contributed by atoms with Gasteiger partial charge in [0.05, 0.1) is 6.54 Å². The van der Waals surface area contributed by atoms with E-state index in [2.05, 4.69) is 26.3 Å². The summed E-state index contributed by atoms with van der Waals surface area (Å²) in [5, 5.41) is 12.8. The molecule has 21 heavy (non-hydrogen) atoms. The summed E-state index contributed by atoms with van der Waals surface area (Å²) in [6, 6.07) is 7.73. The van der Waals surface area contributed by atoms with Gasteiger partial charge in [0.1, 0.15) is 0 Å². The highest BCUT2D eigenvalue weighted by molar-refractivity contribution is 6.07. The van der Waals surface area contributed by atoms with E-state index in [1.54, 1.807) is 0 Å². The van der Waals surface area contributed by atoms with E-state index in [1.165, 1.54) is 12.8 Å². The second-order valence-corrected chi connectivity index (χ2v) is 5.00. The van der Waals surface area contributed by atoms with Gasteiger partial charge in [-0.3, -0.25) is 4.79 Å². The van der Waals surface area contributed by atoms with Crippen molar-refractivity contribution in [3.8, 4) is 12.3 Å². The van der Waals surface area contributed by atoms with Crippen molar-refractivity contribution in [3.05, 3.63) is 30.0 Å². The van der Waals surface area contributed by atoms with Crippen molar-refractivity contribution in [1.82, 2.24) is 15.5 Å². The van der Waals surface area contributed by atoms with Gasteiger partial charge in [0, 0.05) is 23.9 Å². The summed E-state index contributed by atoms with van der Waals surface area (Å²) in [7, 11) is 0. The molecule has 2 heterocycles. The molecule has 0 bridgehead atoms. The molecule has 1 aliphatic rings. The summed E-state index contributed by atoms with van der Waals surface area (Å²) in [6.45, 7) is 2.16. The maximum Gasteiger partial charge on any atom is 0.273 e. The molecule has 3 rings (SSSR count). The Bertz CT molecular complexity index is 714. The maximum absolute atomic E-state index is 12.1. The monoisotopic (exact) mass is 280 g/mol.